The summed E-state index contributed by atoms with van der Waals surface area (Å²) in [7, 11) is 3.34. The molecule has 0 atom stereocenters. The van der Waals surface area contributed by atoms with Gasteiger partial charge >= 0.3 is 6.09 Å². The average Bonchev–Trinajstić information content (AvgIpc) is 3.19. The molecule has 6 nitrogen and oxygen atoms in total. The fourth-order valence-corrected chi connectivity index (χ4v) is 5.68. The van der Waals surface area contributed by atoms with E-state index in [1.165, 1.54) is 11.1 Å². The molecule has 4 rings (SSSR count). The fraction of sp³-hybridized carbons (Fsp3) is 0.481. The third-order valence-corrected chi connectivity index (χ3v) is 7.74. The van der Waals surface area contributed by atoms with Gasteiger partial charge in [-0.3, -0.25) is 3.97 Å². The van der Waals surface area contributed by atoms with Crippen molar-refractivity contribution in [2.45, 2.75) is 65.9 Å². The van der Waals surface area contributed by atoms with Crippen LogP contribution < -0.4 is 4.74 Å². The molecule has 1 saturated heterocycles. The lowest BCUT2D eigenvalue weighted by atomic mass is 9.88. The maximum absolute atomic E-state index is 12.4. The summed E-state index contributed by atoms with van der Waals surface area (Å²) >= 11 is 2.27. The standard InChI is InChI=1S/C25H30IN3O3S.C2H6/c1-16-15-29(33-26)23-21(16)12-19(14-27-23)18-6-7-20(22(13-18)31-5)17-8-10-28(11-9-17)24(30)32-25(2,3)4;1-2/h6-7,12-15,17H,8-11H2,1-5H3;1-2H3. The molecule has 0 aliphatic carbocycles. The molecule has 35 heavy (non-hydrogen) atoms. The van der Waals surface area contributed by atoms with Crippen molar-refractivity contribution in [1.29, 1.82) is 0 Å². The highest BCUT2D eigenvalue weighted by molar-refractivity contribution is 14.2. The first-order chi connectivity index (χ1) is 16.7. The smallest absolute Gasteiger partial charge is 0.410 e. The maximum atomic E-state index is 12.4. The van der Waals surface area contributed by atoms with Crippen LogP contribution in [0.15, 0.2) is 36.7 Å². The number of pyridine rings is 1. The van der Waals surface area contributed by atoms with Gasteiger partial charge in [-0.25, -0.2) is 9.78 Å². The molecule has 0 bridgehead atoms. The first-order valence-corrected chi connectivity index (χ1v) is 15.4. The van der Waals surface area contributed by atoms with Gasteiger partial charge in [0, 0.05) is 66.8 Å². The summed E-state index contributed by atoms with van der Waals surface area (Å²) in [5.74, 6) is 1.24. The second kappa shape index (κ2) is 11.9. The second-order valence-corrected chi connectivity index (χ2v) is 11.2. The van der Waals surface area contributed by atoms with E-state index in [9.17, 15) is 4.79 Å². The molecule has 0 saturated carbocycles. The van der Waals surface area contributed by atoms with E-state index in [1.807, 2.05) is 45.7 Å². The first-order valence-electron chi connectivity index (χ1n) is 12.1. The van der Waals surface area contributed by atoms with Crippen LogP contribution in [0.3, 0.4) is 0 Å². The van der Waals surface area contributed by atoms with Crippen molar-refractivity contribution in [3.05, 3.63) is 47.8 Å². The van der Waals surface area contributed by atoms with Gasteiger partial charge in [0.15, 0.2) is 5.65 Å². The molecule has 0 spiro atoms. The number of carbonyl (C=O) groups is 1. The summed E-state index contributed by atoms with van der Waals surface area (Å²) in [5, 5.41) is 1.16. The largest absolute Gasteiger partial charge is 0.496 e. The van der Waals surface area contributed by atoms with Gasteiger partial charge < -0.3 is 14.4 Å². The molecule has 3 aromatic rings. The van der Waals surface area contributed by atoms with Crippen molar-refractivity contribution in [3.8, 4) is 16.9 Å². The minimum Gasteiger partial charge on any atom is -0.496 e. The number of nitrogens with zero attached hydrogens (tertiary/aromatic N) is 3. The molecule has 1 aromatic carbocycles. The van der Waals surface area contributed by atoms with Gasteiger partial charge in [0.1, 0.15) is 11.4 Å². The number of benzene rings is 1. The number of aromatic nitrogens is 2. The van der Waals surface area contributed by atoms with Crippen LogP contribution >= 0.6 is 30.3 Å². The number of piperidine rings is 1. The predicted molar refractivity (Wildman–Crippen MR) is 155 cm³/mol. The van der Waals surface area contributed by atoms with E-state index in [1.54, 1.807) is 16.2 Å². The van der Waals surface area contributed by atoms with Gasteiger partial charge in [0.25, 0.3) is 0 Å². The van der Waals surface area contributed by atoms with Crippen LogP contribution in [0.2, 0.25) is 0 Å². The number of aryl methyl sites for hydroxylation is 1. The normalized spacial score (nSPS) is 14.5. The molecule has 0 radical (unpaired) electrons. The Balaban J connectivity index is 0.00000167. The van der Waals surface area contributed by atoms with Gasteiger partial charge in [-0.05, 0) is 75.3 Å². The Morgan fingerprint density at radius 3 is 2.43 bits per heavy atom. The average molecular weight is 610 g/mol. The molecule has 1 fully saturated rings. The molecule has 0 unspecified atom stereocenters. The summed E-state index contributed by atoms with van der Waals surface area (Å²) in [4.78, 5) is 18.9. The van der Waals surface area contributed by atoms with Crippen molar-refractivity contribution in [2.24, 2.45) is 0 Å². The number of ether oxygens (including phenoxy) is 2. The number of hydrogen-bond donors (Lipinski definition) is 0. The predicted octanol–water partition coefficient (Wildman–Crippen LogP) is 8.01. The Kier molecular flexibility index (Phi) is 9.37. The Hall–Kier alpha value is -1.94. The van der Waals surface area contributed by atoms with E-state index in [0.29, 0.717) is 19.0 Å². The quantitative estimate of drug-likeness (QED) is 0.281. The number of halogens is 1. The number of carbonyl (C=O) groups excluding carboxylic acids is 1. The molecular weight excluding hydrogens is 573 g/mol. The highest BCUT2D eigenvalue weighted by Gasteiger charge is 2.28. The molecule has 3 heterocycles. The summed E-state index contributed by atoms with van der Waals surface area (Å²) in [6.45, 7) is 13.2. The minimum absolute atomic E-state index is 0.226. The van der Waals surface area contributed by atoms with Crippen molar-refractivity contribution >= 4 is 47.5 Å². The van der Waals surface area contributed by atoms with E-state index in [2.05, 4.69) is 62.6 Å². The molecule has 1 amide bonds. The van der Waals surface area contributed by atoms with Crippen molar-refractivity contribution in [3.63, 3.8) is 0 Å². The van der Waals surface area contributed by atoms with Gasteiger partial charge in [0.05, 0.1) is 7.11 Å². The summed E-state index contributed by atoms with van der Waals surface area (Å²) < 4.78 is 13.4. The topological polar surface area (TPSA) is 56.6 Å². The number of hydrogen-bond acceptors (Lipinski definition) is 5. The number of methoxy groups -OCH3 is 1. The SMILES string of the molecule is CC.COc1cc(-c2cnc3c(c2)c(C)cn3SI)ccc1C1CCN(C(=O)OC(C)(C)C)CC1. The van der Waals surface area contributed by atoms with E-state index >= 15 is 0 Å². The molecule has 2 aromatic heterocycles. The van der Waals surface area contributed by atoms with Crippen LogP contribution in [0.4, 0.5) is 4.79 Å². The highest BCUT2D eigenvalue weighted by atomic mass is 127. The van der Waals surface area contributed by atoms with Crippen LogP contribution in [0, 0.1) is 6.92 Å². The zero-order valence-electron chi connectivity index (χ0n) is 21.7. The van der Waals surface area contributed by atoms with Crippen LogP contribution in [0.25, 0.3) is 22.2 Å². The van der Waals surface area contributed by atoms with Crippen LogP contribution in [-0.2, 0) is 4.74 Å². The van der Waals surface area contributed by atoms with E-state index in [4.69, 9.17) is 14.5 Å². The number of amides is 1. The Morgan fingerprint density at radius 1 is 1.14 bits per heavy atom. The van der Waals surface area contributed by atoms with Crippen molar-refractivity contribution < 1.29 is 14.3 Å². The van der Waals surface area contributed by atoms with E-state index in [-0.39, 0.29) is 6.09 Å². The van der Waals surface area contributed by atoms with Gasteiger partial charge in [0.2, 0.25) is 0 Å². The lowest BCUT2D eigenvalue weighted by molar-refractivity contribution is 0.0204. The van der Waals surface area contributed by atoms with Crippen molar-refractivity contribution in [2.75, 3.05) is 20.2 Å². The van der Waals surface area contributed by atoms with E-state index < -0.39 is 5.60 Å². The van der Waals surface area contributed by atoms with Gasteiger partial charge in [-0.1, -0.05) is 26.0 Å². The molecule has 0 N–H and O–H groups in total. The van der Waals surface area contributed by atoms with Crippen molar-refractivity contribution in [1.82, 2.24) is 13.9 Å². The summed E-state index contributed by atoms with van der Waals surface area (Å²) in [6, 6.07) is 8.64. The molecule has 190 valence electrons. The lowest BCUT2D eigenvalue weighted by Gasteiger charge is -2.34. The Bertz CT molecular complexity index is 1160. The third-order valence-electron chi connectivity index (χ3n) is 6.04. The molecule has 8 heteroatoms. The Morgan fingerprint density at radius 2 is 1.83 bits per heavy atom. The monoisotopic (exact) mass is 609 g/mol. The molecular formula is C27H36IN3O3S. The lowest BCUT2D eigenvalue weighted by Crippen LogP contribution is -2.41. The van der Waals surface area contributed by atoms with Gasteiger partial charge in [-0.15, -0.1) is 0 Å². The molecule has 1 aliphatic rings. The Labute approximate surface area is 225 Å². The molecule has 1 aliphatic heterocycles. The third kappa shape index (κ3) is 6.44. The van der Waals surface area contributed by atoms with Crippen LogP contribution in [-0.4, -0.2) is 45.7 Å². The van der Waals surface area contributed by atoms with Gasteiger partial charge in [-0.2, -0.15) is 0 Å². The zero-order valence-corrected chi connectivity index (χ0v) is 24.7. The number of likely N-dealkylation sites (tertiary alicyclic amines) is 1. The first kappa shape index (κ1) is 27.6. The van der Waals surface area contributed by atoms with E-state index in [0.717, 1.165) is 40.8 Å². The summed E-state index contributed by atoms with van der Waals surface area (Å²) in [5.41, 5.74) is 5.08. The number of fused-ring (bicyclic) bond motifs is 1. The fourth-order valence-electron chi connectivity index (χ4n) is 4.37. The highest BCUT2D eigenvalue weighted by Crippen LogP contribution is 2.38. The second-order valence-electron chi connectivity index (χ2n) is 9.50. The number of rotatable bonds is 4. The maximum Gasteiger partial charge on any atom is 0.410 e. The van der Waals surface area contributed by atoms with Crippen LogP contribution in [0.1, 0.15) is 64.5 Å². The zero-order chi connectivity index (χ0) is 25.8. The minimum atomic E-state index is -0.471. The summed E-state index contributed by atoms with van der Waals surface area (Å²) in [6.07, 6.45) is 5.60. The van der Waals surface area contributed by atoms with Crippen LogP contribution in [0.5, 0.6) is 5.75 Å².